The summed E-state index contributed by atoms with van der Waals surface area (Å²) in [6.45, 7) is 4.60. The van der Waals surface area contributed by atoms with Crippen LogP contribution in [-0.2, 0) is 0 Å². The molecule has 0 aliphatic rings. The maximum absolute atomic E-state index is 2.39. The Kier molecular flexibility index (Phi) is 29.8. The molecule has 0 aliphatic heterocycles. The van der Waals surface area contributed by atoms with Gasteiger partial charge in [0, 0.05) is 0 Å². The summed E-state index contributed by atoms with van der Waals surface area (Å²) >= 11 is 0. The first-order valence-corrected chi connectivity index (χ1v) is 15.4. The molecule has 0 aromatic carbocycles. The largest absolute Gasteiger partial charge is 0.0834 e. The normalized spacial score (nSPS) is 11.9. The standard InChI is InChI=1S/C30H58P/c1-3-5-7-9-11-13-15-17-19-21-23-25-27-29-31-30-28-26-24-22-20-18-16-14-12-10-8-6-4-2/h27-30H,3-26H2,1-2H3/b29-27+,30-28+. The van der Waals surface area contributed by atoms with Gasteiger partial charge >= 0.3 is 0 Å². The Morgan fingerprint density at radius 2 is 0.613 bits per heavy atom. The molecule has 0 N–H and O–H groups in total. The van der Waals surface area contributed by atoms with Crippen molar-refractivity contribution in [3.63, 3.8) is 0 Å². The van der Waals surface area contributed by atoms with Crippen LogP contribution in [0.4, 0.5) is 0 Å². The first kappa shape index (κ1) is 30.9. The summed E-state index contributed by atoms with van der Waals surface area (Å²) in [7, 11) is 1.38. The summed E-state index contributed by atoms with van der Waals surface area (Å²) in [4.78, 5) is 0. The smallest absolute Gasteiger partial charge is 0.0267 e. The van der Waals surface area contributed by atoms with E-state index in [-0.39, 0.29) is 0 Å². The molecule has 0 fully saturated rings. The van der Waals surface area contributed by atoms with Crippen LogP contribution in [0.5, 0.6) is 0 Å². The molecule has 0 amide bonds. The van der Waals surface area contributed by atoms with Gasteiger partial charge in [-0.15, -0.1) is 0 Å². The lowest BCUT2D eigenvalue weighted by Gasteiger charge is -2.01. The van der Waals surface area contributed by atoms with Crippen molar-refractivity contribution in [3.05, 3.63) is 23.8 Å². The van der Waals surface area contributed by atoms with Crippen molar-refractivity contribution in [1.82, 2.24) is 0 Å². The van der Waals surface area contributed by atoms with Crippen molar-refractivity contribution >= 4 is 8.58 Å². The molecular formula is C30H58P. The van der Waals surface area contributed by atoms with E-state index >= 15 is 0 Å². The quantitative estimate of drug-likeness (QED) is 0.0909. The van der Waals surface area contributed by atoms with E-state index in [1.807, 2.05) is 0 Å². The van der Waals surface area contributed by atoms with Gasteiger partial charge in [0.2, 0.25) is 0 Å². The molecule has 0 saturated carbocycles. The van der Waals surface area contributed by atoms with Gasteiger partial charge in [0.05, 0.1) is 0 Å². The van der Waals surface area contributed by atoms with Crippen molar-refractivity contribution in [1.29, 1.82) is 0 Å². The van der Waals surface area contributed by atoms with Crippen LogP contribution in [0.25, 0.3) is 0 Å². The highest BCUT2D eigenvalue weighted by atomic mass is 31.1. The Morgan fingerprint density at radius 3 is 0.903 bits per heavy atom. The van der Waals surface area contributed by atoms with E-state index in [1.165, 1.54) is 163 Å². The van der Waals surface area contributed by atoms with E-state index in [4.69, 9.17) is 0 Å². The maximum atomic E-state index is 2.39. The lowest BCUT2D eigenvalue weighted by atomic mass is 10.1. The van der Waals surface area contributed by atoms with E-state index in [0.717, 1.165) is 0 Å². The molecule has 0 spiro atoms. The van der Waals surface area contributed by atoms with Gasteiger partial charge in [0.25, 0.3) is 0 Å². The summed E-state index contributed by atoms with van der Waals surface area (Å²) in [6, 6.07) is 0. The topological polar surface area (TPSA) is 0 Å². The maximum Gasteiger partial charge on any atom is -0.0267 e. The molecule has 0 unspecified atom stereocenters. The summed E-state index contributed by atoms with van der Waals surface area (Å²) in [5.41, 5.74) is 0. The lowest BCUT2D eigenvalue weighted by molar-refractivity contribution is 0.550. The summed E-state index contributed by atoms with van der Waals surface area (Å²) in [5.74, 6) is 4.68. The SMILES string of the molecule is CCCCCCCCCCCCC/C=C/[P]/C=C/CCCCCCCCCCCCC. The Labute approximate surface area is 200 Å². The van der Waals surface area contributed by atoms with Crippen molar-refractivity contribution in [2.75, 3.05) is 0 Å². The van der Waals surface area contributed by atoms with Gasteiger partial charge in [-0.05, 0) is 34.3 Å². The van der Waals surface area contributed by atoms with Gasteiger partial charge in [0.15, 0.2) is 0 Å². The molecule has 0 aliphatic carbocycles. The molecule has 0 rings (SSSR count). The second-order valence-electron chi connectivity index (χ2n) is 9.57. The lowest BCUT2D eigenvalue weighted by Crippen LogP contribution is -1.81. The summed E-state index contributed by atoms with van der Waals surface area (Å²) < 4.78 is 0. The molecule has 1 radical (unpaired) electrons. The minimum Gasteiger partial charge on any atom is -0.0834 e. The highest BCUT2D eigenvalue weighted by Crippen LogP contribution is 2.17. The van der Waals surface area contributed by atoms with Crippen molar-refractivity contribution in [3.8, 4) is 0 Å². The Hall–Kier alpha value is -0.0900. The number of hydrogen-bond donors (Lipinski definition) is 0. The molecule has 0 aromatic heterocycles. The molecule has 0 atom stereocenters. The zero-order valence-corrected chi connectivity index (χ0v) is 22.6. The third kappa shape index (κ3) is 29.9. The zero-order chi connectivity index (χ0) is 22.5. The first-order chi connectivity index (χ1) is 15.4. The van der Waals surface area contributed by atoms with E-state index in [1.54, 1.807) is 0 Å². The fourth-order valence-corrected chi connectivity index (χ4v) is 4.81. The third-order valence-corrected chi connectivity index (χ3v) is 7.10. The number of rotatable bonds is 26. The van der Waals surface area contributed by atoms with Gasteiger partial charge < -0.3 is 0 Å². The fraction of sp³-hybridized carbons (Fsp3) is 0.867. The van der Waals surface area contributed by atoms with Crippen LogP contribution in [0.15, 0.2) is 23.8 Å². The molecule has 0 bridgehead atoms. The highest BCUT2D eigenvalue weighted by molar-refractivity contribution is 7.45. The van der Waals surface area contributed by atoms with E-state index < -0.39 is 0 Å². The minimum absolute atomic E-state index is 1.27. The predicted octanol–water partition coefficient (Wildman–Crippen LogP) is 12.4. The van der Waals surface area contributed by atoms with Gasteiger partial charge in [0.1, 0.15) is 0 Å². The molecule has 31 heavy (non-hydrogen) atoms. The average Bonchev–Trinajstić information content (AvgIpc) is 2.78. The number of allylic oxidation sites excluding steroid dienone is 2. The van der Waals surface area contributed by atoms with Gasteiger partial charge in [-0.1, -0.05) is 166 Å². The van der Waals surface area contributed by atoms with E-state index in [0.29, 0.717) is 0 Å². The van der Waals surface area contributed by atoms with Crippen molar-refractivity contribution in [2.24, 2.45) is 0 Å². The second kappa shape index (κ2) is 29.9. The van der Waals surface area contributed by atoms with Gasteiger partial charge in [-0.3, -0.25) is 0 Å². The van der Waals surface area contributed by atoms with Crippen LogP contribution >= 0.6 is 8.58 Å². The second-order valence-corrected chi connectivity index (χ2v) is 10.5. The fourth-order valence-electron chi connectivity index (χ4n) is 4.17. The van der Waals surface area contributed by atoms with E-state index in [9.17, 15) is 0 Å². The van der Waals surface area contributed by atoms with Crippen molar-refractivity contribution < 1.29 is 0 Å². The van der Waals surface area contributed by atoms with Gasteiger partial charge in [-0.25, -0.2) is 0 Å². The van der Waals surface area contributed by atoms with Crippen LogP contribution in [0, 0.1) is 0 Å². The highest BCUT2D eigenvalue weighted by Gasteiger charge is 1.93. The van der Waals surface area contributed by atoms with Crippen LogP contribution in [0.2, 0.25) is 0 Å². The molecule has 0 heterocycles. The monoisotopic (exact) mass is 449 g/mol. The number of unbranched alkanes of at least 4 members (excludes halogenated alkanes) is 22. The minimum atomic E-state index is 1.27. The van der Waals surface area contributed by atoms with Crippen LogP contribution in [0.1, 0.15) is 168 Å². The molecule has 1 heteroatoms. The molecule has 0 nitrogen and oxygen atoms in total. The Bertz CT molecular complexity index is 323. The average molecular weight is 450 g/mol. The molecule has 0 saturated heterocycles. The van der Waals surface area contributed by atoms with Crippen molar-refractivity contribution in [2.45, 2.75) is 168 Å². The van der Waals surface area contributed by atoms with Crippen LogP contribution < -0.4 is 0 Å². The predicted molar refractivity (Wildman–Crippen MR) is 147 cm³/mol. The first-order valence-electron chi connectivity index (χ1n) is 14.4. The number of hydrogen-bond acceptors (Lipinski definition) is 0. The van der Waals surface area contributed by atoms with Gasteiger partial charge in [-0.2, -0.15) is 0 Å². The molecular weight excluding hydrogens is 391 g/mol. The Balaban J connectivity index is 3.14. The van der Waals surface area contributed by atoms with Crippen LogP contribution in [0.3, 0.4) is 0 Å². The Morgan fingerprint density at radius 1 is 0.355 bits per heavy atom. The molecule has 0 aromatic rings. The summed E-state index contributed by atoms with van der Waals surface area (Å²) in [5, 5.41) is 0. The zero-order valence-electron chi connectivity index (χ0n) is 21.7. The van der Waals surface area contributed by atoms with Crippen LogP contribution in [-0.4, -0.2) is 0 Å². The molecule has 183 valence electrons. The third-order valence-electron chi connectivity index (χ3n) is 6.33. The summed E-state index contributed by atoms with van der Waals surface area (Å²) in [6.07, 6.45) is 39.0. The van der Waals surface area contributed by atoms with E-state index in [2.05, 4.69) is 37.6 Å².